The smallest absolute Gasteiger partial charge is 0.234 e. The van der Waals surface area contributed by atoms with Crippen molar-refractivity contribution in [1.29, 1.82) is 0 Å². The van der Waals surface area contributed by atoms with Gasteiger partial charge in [-0.3, -0.25) is 9.69 Å². The molecule has 1 aromatic carbocycles. The molecule has 0 aliphatic rings. The van der Waals surface area contributed by atoms with Gasteiger partial charge in [-0.15, -0.1) is 0 Å². The Morgan fingerprint density at radius 3 is 2.42 bits per heavy atom. The maximum atomic E-state index is 11.9. The summed E-state index contributed by atoms with van der Waals surface area (Å²) in [5.41, 5.74) is 0.954. The highest BCUT2D eigenvalue weighted by molar-refractivity contribution is 6.31. The molecule has 0 saturated carbocycles. The van der Waals surface area contributed by atoms with Gasteiger partial charge in [-0.1, -0.05) is 43.6 Å². The molecular formula is C15H23ClN2O. The second-order valence-electron chi connectivity index (χ2n) is 4.64. The van der Waals surface area contributed by atoms with Crippen molar-refractivity contribution in [2.45, 2.75) is 33.2 Å². The summed E-state index contributed by atoms with van der Waals surface area (Å²) in [6, 6.07) is 7.58. The minimum Gasteiger partial charge on any atom is -0.351 e. The third kappa shape index (κ3) is 6.08. The fraction of sp³-hybridized carbons (Fsp3) is 0.533. The molecule has 0 spiro atoms. The fourth-order valence-electron chi connectivity index (χ4n) is 2.00. The summed E-state index contributed by atoms with van der Waals surface area (Å²) < 4.78 is 0. The number of hydrogen-bond donors (Lipinski definition) is 1. The summed E-state index contributed by atoms with van der Waals surface area (Å²) in [4.78, 5) is 14.1. The van der Waals surface area contributed by atoms with E-state index in [9.17, 15) is 4.79 Å². The van der Waals surface area contributed by atoms with Crippen LogP contribution in [0.5, 0.6) is 0 Å². The number of carbonyl (C=O) groups is 1. The van der Waals surface area contributed by atoms with Gasteiger partial charge in [-0.25, -0.2) is 0 Å². The highest BCUT2D eigenvalue weighted by atomic mass is 35.5. The Bertz CT molecular complexity index is 389. The quantitative estimate of drug-likeness (QED) is 0.795. The average molecular weight is 283 g/mol. The van der Waals surface area contributed by atoms with Crippen LogP contribution in [-0.4, -0.2) is 30.4 Å². The number of amides is 1. The topological polar surface area (TPSA) is 32.3 Å². The lowest BCUT2D eigenvalue weighted by Gasteiger charge is -2.20. The van der Waals surface area contributed by atoms with Crippen LogP contribution in [0.1, 0.15) is 32.3 Å². The fourth-order valence-corrected chi connectivity index (χ4v) is 2.20. The van der Waals surface area contributed by atoms with E-state index in [1.807, 2.05) is 24.3 Å². The van der Waals surface area contributed by atoms with E-state index in [2.05, 4.69) is 24.1 Å². The maximum absolute atomic E-state index is 11.9. The average Bonchev–Trinajstić information content (AvgIpc) is 2.38. The van der Waals surface area contributed by atoms with E-state index >= 15 is 0 Å². The largest absolute Gasteiger partial charge is 0.351 e. The zero-order chi connectivity index (χ0) is 14.1. The van der Waals surface area contributed by atoms with Crippen LogP contribution < -0.4 is 5.32 Å². The Kier molecular flexibility index (Phi) is 7.53. The first-order valence-electron chi connectivity index (χ1n) is 6.89. The Balaban J connectivity index is 2.40. The molecule has 3 nitrogen and oxygen atoms in total. The normalized spacial score (nSPS) is 10.7. The molecule has 0 atom stereocenters. The molecule has 1 amide bonds. The molecule has 0 aliphatic heterocycles. The van der Waals surface area contributed by atoms with Gasteiger partial charge < -0.3 is 5.32 Å². The molecule has 0 radical (unpaired) electrons. The van der Waals surface area contributed by atoms with E-state index in [-0.39, 0.29) is 5.91 Å². The van der Waals surface area contributed by atoms with Crippen LogP contribution in [-0.2, 0) is 11.3 Å². The SMILES string of the molecule is CCCN(CCC)CC(=O)NCc1ccccc1Cl. The Morgan fingerprint density at radius 1 is 1.21 bits per heavy atom. The van der Waals surface area contributed by atoms with E-state index < -0.39 is 0 Å². The van der Waals surface area contributed by atoms with E-state index in [0.29, 0.717) is 18.1 Å². The van der Waals surface area contributed by atoms with Gasteiger partial charge in [0.05, 0.1) is 6.54 Å². The highest BCUT2D eigenvalue weighted by Crippen LogP contribution is 2.14. The predicted molar refractivity (Wildman–Crippen MR) is 80.3 cm³/mol. The van der Waals surface area contributed by atoms with Crippen molar-refractivity contribution in [2.75, 3.05) is 19.6 Å². The molecule has 0 fully saturated rings. The molecule has 1 N–H and O–H groups in total. The molecule has 19 heavy (non-hydrogen) atoms. The summed E-state index contributed by atoms with van der Waals surface area (Å²) in [7, 11) is 0. The van der Waals surface area contributed by atoms with Crippen LogP contribution in [0, 0.1) is 0 Å². The number of hydrogen-bond acceptors (Lipinski definition) is 2. The van der Waals surface area contributed by atoms with Crippen LogP contribution in [0.3, 0.4) is 0 Å². The van der Waals surface area contributed by atoms with Crippen LogP contribution in [0.15, 0.2) is 24.3 Å². The first-order chi connectivity index (χ1) is 9.17. The van der Waals surface area contributed by atoms with Crippen LogP contribution in [0.4, 0.5) is 0 Å². The van der Waals surface area contributed by atoms with Crippen molar-refractivity contribution >= 4 is 17.5 Å². The van der Waals surface area contributed by atoms with Crippen LogP contribution in [0.25, 0.3) is 0 Å². The summed E-state index contributed by atoms with van der Waals surface area (Å²) in [5, 5.41) is 3.62. The molecule has 0 unspecified atom stereocenters. The van der Waals surface area contributed by atoms with Gasteiger partial charge >= 0.3 is 0 Å². The molecule has 1 aromatic rings. The predicted octanol–water partition coefficient (Wildman–Crippen LogP) is 3.08. The van der Waals surface area contributed by atoms with Gasteiger partial charge in [0.1, 0.15) is 0 Å². The van der Waals surface area contributed by atoms with E-state index in [1.165, 1.54) is 0 Å². The molecule has 4 heteroatoms. The monoisotopic (exact) mass is 282 g/mol. The first kappa shape index (κ1) is 16.0. The molecule has 0 heterocycles. The number of rotatable bonds is 8. The van der Waals surface area contributed by atoms with E-state index in [0.717, 1.165) is 31.5 Å². The minimum atomic E-state index is 0.0572. The summed E-state index contributed by atoms with van der Waals surface area (Å²) in [6.45, 7) is 7.14. The van der Waals surface area contributed by atoms with Gasteiger partial charge in [-0.2, -0.15) is 0 Å². The molecule has 0 bridgehead atoms. The van der Waals surface area contributed by atoms with Gasteiger partial charge in [0.2, 0.25) is 5.91 Å². The zero-order valence-corrected chi connectivity index (χ0v) is 12.5. The second-order valence-corrected chi connectivity index (χ2v) is 5.05. The van der Waals surface area contributed by atoms with Crippen molar-refractivity contribution in [3.63, 3.8) is 0 Å². The summed E-state index contributed by atoms with van der Waals surface area (Å²) in [6.07, 6.45) is 2.13. The van der Waals surface area contributed by atoms with E-state index in [4.69, 9.17) is 11.6 Å². The number of benzene rings is 1. The van der Waals surface area contributed by atoms with Crippen molar-refractivity contribution in [3.8, 4) is 0 Å². The molecule has 0 aliphatic carbocycles. The lowest BCUT2D eigenvalue weighted by atomic mass is 10.2. The number of halogens is 1. The number of nitrogens with one attached hydrogen (secondary N) is 1. The van der Waals surface area contributed by atoms with Crippen LogP contribution in [0.2, 0.25) is 5.02 Å². The number of carbonyl (C=O) groups excluding carboxylic acids is 1. The lowest BCUT2D eigenvalue weighted by Crippen LogP contribution is -2.37. The molecule has 106 valence electrons. The summed E-state index contributed by atoms with van der Waals surface area (Å²) >= 11 is 6.05. The molecule has 0 aromatic heterocycles. The highest BCUT2D eigenvalue weighted by Gasteiger charge is 2.09. The Labute approximate surface area is 120 Å². The maximum Gasteiger partial charge on any atom is 0.234 e. The third-order valence-corrected chi connectivity index (χ3v) is 3.25. The standard InChI is InChI=1S/C15H23ClN2O/c1-3-9-18(10-4-2)12-15(19)17-11-13-7-5-6-8-14(13)16/h5-8H,3-4,9-12H2,1-2H3,(H,17,19). The Hall–Kier alpha value is -1.06. The Morgan fingerprint density at radius 2 is 1.84 bits per heavy atom. The van der Waals surface area contributed by atoms with Crippen molar-refractivity contribution < 1.29 is 4.79 Å². The van der Waals surface area contributed by atoms with Gasteiger partial charge in [0.15, 0.2) is 0 Å². The van der Waals surface area contributed by atoms with Gasteiger partial charge in [0.25, 0.3) is 0 Å². The van der Waals surface area contributed by atoms with Crippen LogP contribution >= 0.6 is 11.6 Å². The molecular weight excluding hydrogens is 260 g/mol. The van der Waals surface area contributed by atoms with Gasteiger partial charge in [-0.05, 0) is 37.6 Å². The van der Waals surface area contributed by atoms with Crippen molar-refractivity contribution in [3.05, 3.63) is 34.9 Å². The zero-order valence-electron chi connectivity index (χ0n) is 11.8. The number of nitrogens with zero attached hydrogens (tertiary/aromatic N) is 1. The van der Waals surface area contributed by atoms with Crippen molar-refractivity contribution in [1.82, 2.24) is 10.2 Å². The van der Waals surface area contributed by atoms with Gasteiger partial charge in [0, 0.05) is 11.6 Å². The molecule has 0 saturated heterocycles. The summed E-state index contributed by atoms with van der Waals surface area (Å²) in [5.74, 6) is 0.0572. The first-order valence-corrected chi connectivity index (χ1v) is 7.27. The lowest BCUT2D eigenvalue weighted by molar-refractivity contribution is -0.122. The third-order valence-electron chi connectivity index (χ3n) is 2.88. The van der Waals surface area contributed by atoms with E-state index in [1.54, 1.807) is 0 Å². The van der Waals surface area contributed by atoms with Crippen molar-refractivity contribution in [2.24, 2.45) is 0 Å². The second kappa shape index (κ2) is 8.94. The molecule has 1 rings (SSSR count). The minimum absolute atomic E-state index is 0.0572.